The van der Waals surface area contributed by atoms with E-state index in [9.17, 15) is 14.4 Å². The largest absolute Gasteiger partial charge is 0.458 e. The molecule has 3 heterocycles. The van der Waals surface area contributed by atoms with Gasteiger partial charge >= 0.3 is 5.97 Å². The van der Waals surface area contributed by atoms with Gasteiger partial charge in [-0.05, 0) is 36.4 Å². The fourth-order valence-corrected chi connectivity index (χ4v) is 3.42. The minimum absolute atomic E-state index is 0.142. The number of hydrogen-bond acceptors (Lipinski definition) is 6. The Morgan fingerprint density at radius 1 is 1.25 bits per heavy atom. The molecule has 0 bridgehead atoms. The topological polar surface area (TPSA) is 89.8 Å². The van der Waals surface area contributed by atoms with Gasteiger partial charge in [0.25, 0.3) is 11.5 Å². The van der Waals surface area contributed by atoms with Crippen molar-refractivity contribution in [2.75, 3.05) is 0 Å². The summed E-state index contributed by atoms with van der Waals surface area (Å²) in [5.41, 5.74) is 1.39. The highest BCUT2D eigenvalue weighted by atomic mass is 32.1. The van der Waals surface area contributed by atoms with Crippen LogP contribution in [0.1, 0.15) is 34.9 Å². The number of aryl methyl sites for hydroxylation is 1. The molecule has 0 saturated carbocycles. The minimum Gasteiger partial charge on any atom is -0.458 e. The first-order valence-corrected chi connectivity index (χ1v) is 9.74. The number of rotatable bonds is 6. The van der Waals surface area contributed by atoms with Gasteiger partial charge in [0.15, 0.2) is 0 Å². The molecular formula is C20H21N3O4S. The highest BCUT2D eigenvalue weighted by Gasteiger charge is 2.26. The number of aromatic nitrogens is 2. The monoisotopic (exact) mass is 399 g/mol. The molecule has 0 radical (unpaired) electrons. The number of carbonyl (C=O) groups is 2. The van der Waals surface area contributed by atoms with Gasteiger partial charge in [-0.1, -0.05) is 26.0 Å². The SMILES string of the molecule is Cc1cccc2nc(COC(=O)[C@H](NC(=O)c3cccs3)C(C)C)cc(=O)n12. The summed E-state index contributed by atoms with van der Waals surface area (Å²) in [5.74, 6) is -1.04. The number of ether oxygens (including phenoxy) is 1. The van der Waals surface area contributed by atoms with E-state index >= 15 is 0 Å². The lowest BCUT2D eigenvalue weighted by molar-refractivity contribution is -0.148. The van der Waals surface area contributed by atoms with Crippen molar-refractivity contribution < 1.29 is 14.3 Å². The quantitative estimate of drug-likeness (QED) is 0.644. The molecule has 0 aromatic carbocycles. The van der Waals surface area contributed by atoms with Crippen LogP contribution in [0.25, 0.3) is 5.65 Å². The van der Waals surface area contributed by atoms with Crippen molar-refractivity contribution in [1.82, 2.24) is 14.7 Å². The predicted molar refractivity (Wildman–Crippen MR) is 106 cm³/mol. The fraction of sp³-hybridized carbons (Fsp3) is 0.300. The summed E-state index contributed by atoms with van der Waals surface area (Å²) in [6, 6.07) is 9.37. The lowest BCUT2D eigenvalue weighted by atomic mass is 10.0. The van der Waals surface area contributed by atoms with Crippen LogP contribution in [0.3, 0.4) is 0 Å². The Morgan fingerprint density at radius 3 is 2.71 bits per heavy atom. The van der Waals surface area contributed by atoms with Crippen LogP contribution in [0.5, 0.6) is 0 Å². The van der Waals surface area contributed by atoms with E-state index in [0.717, 1.165) is 5.69 Å². The molecule has 0 aliphatic rings. The van der Waals surface area contributed by atoms with Crippen molar-refractivity contribution >= 4 is 28.9 Å². The number of nitrogens with zero attached hydrogens (tertiary/aromatic N) is 2. The van der Waals surface area contributed by atoms with E-state index in [2.05, 4.69) is 10.3 Å². The Morgan fingerprint density at radius 2 is 2.04 bits per heavy atom. The third-order valence-electron chi connectivity index (χ3n) is 4.25. The molecule has 1 amide bonds. The summed E-state index contributed by atoms with van der Waals surface area (Å²) < 4.78 is 6.83. The van der Waals surface area contributed by atoms with Crippen LogP contribution in [0.2, 0.25) is 0 Å². The van der Waals surface area contributed by atoms with Crippen molar-refractivity contribution in [1.29, 1.82) is 0 Å². The van der Waals surface area contributed by atoms with Crippen molar-refractivity contribution in [3.63, 3.8) is 0 Å². The summed E-state index contributed by atoms with van der Waals surface area (Å²) in [4.78, 5) is 42.0. The van der Waals surface area contributed by atoms with Crippen LogP contribution in [-0.4, -0.2) is 27.3 Å². The molecule has 0 unspecified atom stereocenters. The zero-order valence-electron chi connectivity index (χ0n) is 15.8. The lowest BCUT2D eigenvalue weighted by Gasteiger charge is -2.20. The lowest BCUT2D eigenvalue weighted by Crippen LogP contribution is -2.45. The molecule has 8 heteroatoms. The fourth-order valence-electron chi connectivity index (χ4n) is 2.79. The van der Waals surface area contributed by atoms with Crippen LogP contribution >= 0.6 is 11.3 Å². The molecule has 1 atom stereocenters. The van der Waals surface area contributed by atoms with Crippen LogP contribution < -0.4 is 10.9 Å². The molecule has 3 aromatic heterocycles. The second kappa shape index (κ2) is 8.35. The summed E-state index contributed by atoms with van der Waals surface area (Å²) >= 11 is 1.30. The van der Waals surface area contributed by atoms with Gasteiger partial charge < -0.3 is 10.1 Å². The maximum absolute atomic E-state index is 12.5. The normalized spacial score (nSPS) is 12.1. The Hall–Kier alpha value is -3.00. The van der Waals surface area contributed by atoms with Crippen LogP contribution in [0, 0.1) is 12.8 Å². The number of amides is 1. The van der Waals surface area contributed by atoms with E-state index in [0.29, 0.717) is 16.2 Å². The molecule has 0 aliphatic carbocycles. The number of nitrogens with one attached hydrogen (secondary N) is 1. The second-order valence-electron chi connectivity index (χ2n) is 6.73. The highest BCUT2D eigenvalue weighted by Crippen LogP contribution is 2.12. The van der Waals surface area contributed by atoms with Crippen molar-refractivity contribution in [3.8, 4) is 0 Å². The number of esters is 1. The third-order valence-corrected chi connectivity index (χ3v) is 5.12. The van der Waals surface area contributed by atoms with Gasteiger partial charge in [0.1, 0.15) is 18.3 Å². The van der Waals surface area contributed by atoms with Gasteiger partial charge in [0.05, 0.1) is 10.6 Å². The zero-order valence-corrected chi connectivity index (χ0v) is 16.7. The van der Waals surface area contributed by atoms with Crippen LogP contribution in [-0.2, 0) is 16.1 Å². The molecule has 28 heavy (non-hydrogen) atoms. The summed E-state index contributed by atoms with van der Waals surface area (Å²) in [6.45, 7) is 5.32. The number of carbonyl (C=O) groups excluding carboxylic acids is 2. The molecule has 1 N–H and O–H groups in total. The van der Waals surface area contributed by atoms with E-state index in [4.69, 9.17) is 4.74 Å². The van der Waals surface area contributed by atoms with Gasteiger partial charge in [-0.3, -0.25) is 14.0 Å². The van der Waals surface area contributed by atoms with Crippen molar-refractivity contribution in [3.05, 3.63) is 68.4 Å². The van der Waals surface area contributed by atoms with E-state index in [1.165, 1.54) is 21.8 Å². The third kappa shape index (κ3) is 4.28. The number of thiophene rings is 1. The van der Waals surface area contributed by atoms with Gasteiger partial charge in [0.2, 0.25) is 0 Å². The van der Waals surface area contributed by atoms with Gasteiger partial charge in [-0.15, -0.1) is 11.3 Å². The molecule has 3 aromatic rings. The maximum atomic E-state index is 12.5. The van der Waals surface area contributed by atoms with E-state index in [1.807, 2.05) is 32.9 Å². The Bertz CT molecular complexity index is 1060. The van der Waals surface area contributed by atoms with Crippen molar-refractivity contribution in [2.45, 2.75) is 33.4 Å². The summed E-state index contributed by atoms with van der Waals surface area (Å²) in [6.07, 6.45) is 0. The van der Waals surface area contributed by atoms with Gasteiger partial charge in [-0.25, -0.2) is 9.78 Å². The summed E-state index contributed by atoms with van der Waals surface area (Å²) in [5, 5.41) is 4.51. The average Bonchev–Trinajstić information content (AvgIpc) is 3.18. The highest BCUT2D eigenvalue weighted by molar-refractivity contribution is 7.12. The maximum Gasteiger partial charge on any atom is 0.329 e. The van der Waals surface area contributed by atoms with E-state index in [-0.39, 0.29) is 24.0 Å². The molecule has 0 saturated heterocycles. The standard InChI is InChI=1S/C20H21N3O4S/c1-12(2)18(22-19(25)15-7-5-9-28-15)20(26)27-11-14-10-17(24)23-13(3)6-4-8-16(23)21-14/h4-10,12,18H,11H2,1-3H3,(H,22,25)/t18-/m1/s1. The molecule has 0 fully saturated rings. The van der Waals surface area contributed by atoms with Crippen LogP contribution in [0.15, 0.2) is 46.6 Å². The molecule has 0 aliphatic heterocycles. The Balaban J connectivity index is 1.72. The first kappa shape index (κ1) is 19.8. The summed E-state index contributed by atoms with van der Waals surface area (Å²) in [7, 11) is 0. The van der Waals surface area contributed by atoms with E-state index < -0.39 is 12.0 Å². The van der Waals surface area contributed by atoms with Gasteiger partial charge in [0, 0.05) is 11.8 Å². The predicted octanol–water partition coefficient (Wildman–Crippen LogP) is 2.56. The molecule has 0 spiro atoms. The first-order valence-electron chi connectivity index (χ1n) is 8.86. The molecular weight excluding hydrogens is 378 g/mol. The van der Waals surface area contributed by atoms with Crippen molar-refractivity contribution in [2.24, 2.45) is 5.92 Å². The van der Waals surface area contributed by atoms with E-state index in [1.54, 1.807) is 23.6 Å². The minimum atomic E-state index is -0.793. The molecule has 146 valence electrons. The smallest absolute Gasteiger partial charge is 0.329 e. The van der Waals surface area contributed by atoms with Gasteiger partial charge in [-0.2, -0.15) is 0 Å². The zero-order chi connectivity index (χ0) is 20.3. The Kier molecular flexibility index (Phi) is 5.89. The second-order valence-corrected chi connectivity index (χ2v) is 7.67. The molecule has 3 rings (SSSR count). The Labute approximate surface area is 166 Å². The molecule has 7 nitrogen and oxygen atoms in total. The first-order chi connectivity index (χ1) is 13.4. The number of fused-ring (bicyclic) bond motifs is 1. The number of hydrogen-bond donors (Lipinski definition) is 1. The van der Waals surface area contributed by atoms with Crippen LogP contribution in [0.4, 0.5) is 0 Å². The average molecular weight is 399 g/mol. The number of pyridine rings is 1.